The van der Waals surface area contributed by atoms with Crippen LogP contribution < -0.4 is 10.1 Å². The molecule has 36 heavy (non-hydrogen) atoms. The summed E-state index contributed by atoms with van der Waals surface area (Å²) in [6.07, 6.45) is 2.31. The van der Waals surface area contributed by atoms with E-state index in [0.717, 1.165) is 24.0 Å². The van der Waals surface area contributed by atoms with Gasteiger partial charge in [0, 0.05) is 19.5 Å². The lowest BCUT2D eigenvalue weighted by Crippen LogP contribution is -2.51. The fourth-order valence-corrected chi connectivity index (χ4v) is 4.02. The molecule has 0 fully saturated rings. The summed E-state index contributed by atoms with van der Waals surface area (Å²) in [4.78, 5) is 28.6. The second-order valence-corrected chi connectivity index (χ2v) is 9.37. The lowest BCUT2D eigenvalue weighted by atomic mass is 10.0. The van der Waals surface area contributed by atoms with Crippen LogP contribution in [-0.4, -0.2) is 35.9 Å². The molecule has 3 rings (SSSR count). The first-order chi connectivity index (χ1) is 17.5. The van der Waals surface area contributed by atoms with Gasteiger partial charge in [-0.15, -0.1) is 0 Å². The average molecular weight is 487 g/mol. The van der Waals surface area contributed by atoms with E-state index in [1.54, 1.807) is 4.90 Å². The molecular weight excluding hydrogens is 448 g/mol. The molecule has 190 valence electrons. The van der Waals surface area contributed by atoms with Crippen molar-refractivity contribution < 1.29 is 14.3 Å². The SMILES string of the molecule is CCCCNC(=O)[C@H](Cc1ccccc1)N(Cc1ccccc1)C(=O)COc1ccc(C(C)C)cc1. The van der Waals surface area contributed by atoms with E-state index in [0.29, 0.717) is 31.2 Å². The van der Waals surface area contributed by atoms with Gasteiger partial charge in [-0.3, -0.25) is 9.59 Å². The topological polar surface area (TPSA) is 58.6 Å². The zero-order valence-corrected chi connectivity index (χ0v) is 21.7. The molecule has 0 heterocycles. The minimum Gasteiger partial charge on any atom is -0.484 e. The number of nitrogens with one attached hydrogen (secondary N) is 1. The number of benzene rings is 3. The van der Waals surface area contributed by atoms with Crippen molar-refractivity contribution >= 4 is 11.8 Å². The summed E-state index contributed by atoms with van der Waals surface area (Å²) in [5.74, 6) is 0.697. The number of amides is 2. The van der Waals surface area contributed by atoms with Gasteiger partial charge in [0.25, 0.3) is 5.91 Å². The van der Waals surface area contributed by atoms with Gasteiger partial charge >= 0.3 is 0 Å². The Bertz CT molecular complexity index is 1070. The maximum atomic E-state index is 13.6. The molecule has 0 aliphatic heterocycles. The maximum absolute atomic E-state index is 13.6. The Hall–Kier alpha value is -3.60. The number of carbonyl (C=O) groups is 2. The molecule has 5 heteroatoms. The van der Waals surface area contributed by atoms with Crippen molar-refractivity contribution in [3.05, 3.63) is 102 Å². The zero-order chi connectivity index (χ0) is 25.8. The van der Waals surface area contributed by atoms with E-state index in [4.69, 9.17) is 4.74 Å². The highest BCUT2D eigenvalue weighted by atomic mass is 16.5. The Kier molecular flexibility index (Phi) is 10.6. The minimum atomic E-state index is -0.649. The number of ether oxygens (including phenoxy) is 1. The molecule has 3 aromatic rings. The molecule has 0 spiro atoms. The predicted molar refractivity (Wildman–Crippen MR) is 145 cm³/mol. The van der Waals surface area contributed by atoms with Crippen molar-refractivity contribution in [3.63, 3.8) is 0 Å². The molecule has 0 unspecified atom stereocenters. The first-order valence-corrected chi connectivity index (χ1v) is 12.9. The zero-order valence-electron chi connectivity index (χ0n) is 21.7. The molecule has 2 amide bonds. The monoisotopic (exact) mass is 486 g/mol. The van der Waals surface area contributed by atoms with Gasteiger partial charge in [-0.2, -0.15) is 0 Å². The van der Waals surface area contributed by atoms with Gasteiger partial charge < -0.3 is 15.0 Å². The summed E-state index contributed by atoms with van der Waals surface area (Å²) >= 11 is 0. The highest BCUT2D eigenvalue weighted by Gasteiger charge is 2.30. The third kappa shape index (κ3) is 8.26. The normalized spacial score (nSPS) is 11.7. The number of carbonyl (C=O) groups excluding carboxylic acids is 2. The number of rotatable bonds is 13. The largest absolute Gasteiger partial charge is 0.484 e. The van der Waals surface area contributed by atoms with Gasteiger partial charge in [0.15, 0.2) is 6.61 Å². The Labute approximate surface area is 215 Å². The van der Waals surface area contributed by atoms with E-state index in [2.05, 4.69) is 26.1 Å². The second kappa shape index (κ2) is 14.1. The molecule has 0 aromatic heterocycles. The third-order valence-electron chi connectivity index (χ3n) is 6.21. The molecule has 1 N–H and O–H groups in total. The van der Waals surface area contributed by atoms with Gasteiger partial charge in [-0.25, -0.2) is 0 Å². The molecule has 0 aliphatic rings. The Morgan fingerprint density at radius 2 is 1.47 bits per heavy atom. The standard InChI is InChI=1S/C31H38N2O3/c1-4-5-20-32-31(35)29(21-25-12-8-6-9-13-25)33(22-26-14-10-7-11-15-26)30(34)23-36-28-18-16-27(17-19-28)24(2)3/h6-19,24,29H,4-5,20-23H2,1-3H3,(H,32,35)/t29-/m0/s1. The Balaban J connectivity index is 1.83. The van der Waals surface area contributed by atoms with Crippen LogP contribution in [0.15, 0.2) is 84.9 Å². The van der Waals surface area contributed by atoms with Gasteiger partial charge in [0.1, 0.15) is 11.8 Å². The van der Waals surface area contributed by atoms with Crippen molar-refractivity contribution in [2.75, 3.05) is 13.2 Å². The summed E-state index contributed by atoms with van der Waals surface area (Å²) in [6, 6.07) is 26.8. The fraction of sp³-hybridized carbons (Fsp3) is 0.355. The maximum Gasteiger partial charge on any atom is 0.261 e. The van der Waals surface area contributed by atoms with Crippen molar-refractivity contribution in [3.8, 4) is 5.75 Å². The summed E-state index contributed by atoms with van der Waals surface area (Å²) < 4.78 is 5.88. The Morgan fingerprint density at radius 3 is 2.06 bits per heavy atom. The van der Waals surface area contributed by atoms with Crippen LogP contribution in [0, 0.1) is 0 Å². The first kappa shape index (κ1) is 27.0. The van der Waals surface area contributed by atoms with Crippen molar-refractivity contribution in [2.24, 2.45) is 0 Å². The Morgan fingerprint density at radius 1 is 0.861 bits per heavy atom. The van der Waals surface area contributed by atoms with E-state index in [-0.39, 0.29) is 18.4 Å². The minimum absolute atomic E-state index is 0.138. The van der Waals surface area contributed by atoms with Gasteiger partial charge in [0.2, 0.25) is 5.91 Å². The molecule has 0 saturated heterocycles. The lowest BCUT2D eigenvalue weighted by Gasteiger charge is -2.31. The summed E-state index contributed by atoms with van der Waals surface area (Å²) in [5.41, 5.74) is 3.18. The third-order valence-corrected chi connectivity index (χ3v) is 6.21. The van der Waals surface area contributed by atoms with Crippen LogP contribution in [0.1, 0.15) is 56.2 Å². The lowest BCUT2D eigenvalue weighted by molar-refractivity contribution is -0.142. The summed E-state index contributed by atoms with van der Waals surface area (Å²) in [6.45, 7) is 7.14. The van der Waals surface area contributed by atoms with E-state index in [9.17, 15) is 9.59 Å². The van der Waals surface area contributed by atoms with E-state index in [1.807, 2.05) is 84.9 Å². The highest BCUT2D eigenvalue weighted by molar-refractivity contribution is 5.88. The average Bonchev–Trinajstić information content (AvgIpc) is 2.90. The van der Waals surface area contributed by atoms with Crippen LogP contribution in [0.3, 0.4) is 0 Å². The van der Waals surface area contributed by atoms with Crippen LogP contribution >= 0.6 is 0 Å². The number of hydrogen-bond donors (Lipinski definition) is 1. The molecule has 0 saturated carbocycles. The van der Waals surface area contributed by atoms with Crippen molar-refractivity contribution in [1.29, 1.82) is 0 Å². The molecule has 1 atom stereocenters. The summed E-state index contributed by atoms with van der Waals surface area (Å²) in [7, 11) is 0. The van der Waals surface area contributed by atoms with E-state index in [1.165, 1.54) is 5.56 Å². The van der Waals surface area contributed by atoms with E-state index < -0.39 is 6.04 Å². The number of hydrogen-bond acceptors (Lipinski definition) is 3. The van der Waals surface area contributed by atoms with Crippen molar-refractivity contribution in [2.45, 2.75) is 58.5 Å². The fourth-order valence-electron chi connectivity index (χ4n) is 4.02. The van der Waals surface area contributed by atoms with Crippen LogP contribution in [0.4, 0.5) is 0 Å². The number of unbranched alkanes of at least 4 members (excludes halogenated alkanes) is 1. The molecule has 5 nitrogen and oxygen atoms in total. The van der Waals surface area contributed by atoms with Gasteiger partial charge in [0.05, 0.1) is 0 Å². The smallest absolute Gasteiger partial charge is 0.261 e. The van der Waals surface area contributed by atoms with Crippen LogP contribution in [0.25, 0.3) is 0 Å². The molecule has 0 bridgehead atoms. The quantitative estimate of drug-likeness (QED) is 0.313. The van der Waals surface area contributed by atoms with Crippen molar-refractivity contribution in [1.82, 2.24) is 10.2 Å². The first-order valence-electron chi connectivity index (χ1n) is 12.9. The van der Waals surface area contributed by atoms with Crippen LogP contribution in [0.2, 0.25) is 0 Å². The predicted octanol–water partition coefficient (Wildman–Crippen LogP) is 5.75. The number of nitrogens with zero attached hydrogens (tertiary/aromatic N) is 1. The molecule has 3 aromatic carbocycles. The van der Waals surface area contributed by atoms with Crippen LogP contribution in [-0.2, 0) is 22.6 Å². The molecule has 0 radical (unpaired) electrons. The molecular formula is C31H38N2O3. The van der Waals surface area contributed by atoms with Gasteiger partial charge in [-0.05, 0) is 41.2 Å². The summed E-state index contributed by atoms with van der Waals surface area (Å²) in [5, 5.41) is 3.04. The second-order valence-electron chi connectivity index (χ2n) is 9.37. The van der Waals surface area contributed by atoms with Crippen LogP contribution in [0.5, 0.6) is 5.75 Å². The molecule has 0 aliphatic carbocycles. The van der Waals surface area contributed by atoms with E-state index >= 15 is 0 Å². The highest BCUT2D eigenvalue weighted by Crippen LogP contribution is 2.20. The van der Waals surface area contributed by atoms with Gasteiger partial charge in [-0.1, -0.05) is 100.0 Å².